The van der Waals surface area contributed by atoms with Crippen molar-refractivity contribution in [2.24, 2.45) is 0 Å². The van der Waals surface area contributed by atoms with E-state index in [9.17, 15) is 13.9 Å². The minimum Gasteiger partial charge on any atom is -0.497 e. The molecule has 0 atom stereocenters. The number of benzene rings is 2. The Kier molecular flexibility index (Phi) is 4.19. The third-order valence-electron chi connectivity index (χ3n) is 3.75. The van der Waals surface area contributed by atoms with E-state index in [1.54, 1.807) is 55.7 Å². The first-order valence-corrected chi connectivity index (χ1v) is 8.77. The molecular weight excluding hydrogens is 326 g/mol. The first-order chi connectivity index (χ1) is 11.4. The molecule has 0 saturated heterocycles. The second kappa shape index (κ2) is 6.16. The number of anilines is 1. The van der Waals surface area contributed by atoms with Gasteiger partial charge in [-0.1, -0.05) is 24.8 Å². The molecule has 2 aromatic carbocycles. The van der Waals surface area contributed by atoms with Crippen LogP contribution in [0.1, 0.15) is 11.1 Å². The van der Waals surface area contributed by atoms with E-state index in [-0.39, 0.29) is 5.91 Å². The van der Waals surface area contributed by atoms with Crippen molar-refractivity contribution in [2.75, 3.05) is 12.4 Å². The number of hydrogen-bond acceptors (Lipinski definition) is 4. The van der Waals surface area contributed by atoms with Gasteiger partial charge in [-0.3, -0.25) is 13.9 Å². The molecule has 6 heteroatoms. The highest BCUT2D eigenvalue weighted by Crippen LogP contribution is 2.56. The molecule has 1 aliphatic heterocycles. The molecule has 1 amide bonds. The molecule has 0 spiro atoms. The Bertz CT molecular complexity index is 841. The van der Waals surface area contributed by atoms with E-state index in [2.05, 4.69) is 11.9 Å². The van der Waals surface area contributed by atoms with E-state index < -0.39 is 10.6 Å². The second-order valence-electron chi connectivity index (χ2n) is 5.31. The molecule has 5 nitrogen and oxygen atoms in total. The van der Waals surface area contributed by atoms with Crippen molar-refractivity contribution in [1.29, 1.82) is 0 Å². The molecule has 2 aromatic rings. The molecule has 0 aliphatic carbocycles. The topological polar surface area (TPSA) is 78.8 Å². The van der Waals surface area contributed by atoms with E-state index in [4.69, 9.17) is 4.74 Å². The highest BCUT2D eigenvalue weighted by Gasteiger charge is 2.22. The number of hydrogen-bond donors (Lipinski definition) is 3. The lowest BCUT2D eigenvalue weighted by molar-refractivity contribution is -0.111. The lowest BCUT2D eigenvalue weighted by atomic mass is 10.1. The molecule has 0 fully saturated rings. The third kappa shape index (κ3) is 3.07. The molecule has 3 rings (SSSR count). The fraction of sp³-hybridized carbons (Fsp3) is 0.0556. The molecule has 0 aromatic heterocycles. The van der Waals surface area contributed by atoms with Crippen LogP contribution in [0.5, 0.6) is 5.75 Å². The van der Waals surface area contributed by atoms with Crippen molar-refractivity contribution in [3.63, 3.8) is 0 Å². The van der Waals surface area contributed by atoms with Crippen molar-refractivity contribution in [2.45, 2.75) is 4.90 Å². The summed E-state index contributed by atoms with van der Waals surface area (Å²) >= 11 is 0. The standard InChI is InChI=1S/C18H17NO4S/c1-12(13-4-7-16(23-2)8-5-13)18(20)19-15-6-3-14-9-10-24(21,22)17(14)11-15/h3-11,21-22H,1H2,2H3,(H,19,20). The van der Waals surface area contributed by atoms with Gasteiger partial charge in [0.15, 0.2) is 0 Å². The summed E-state index contributed by atoms with van der Waals surface area (Å²) in [4.78, 5) is 12.8. The highest BCUT2D eigenvalue weighted by molar-refractivity contribution is 8.27. The number of carbonyl (C=O) groups excluding carboxylic acids is 1. The van der Waals surface area contributed by atoms with Gasteiger partial charge in [-0.25, -0.2) is 0 Å². The summed E-state index contributed by atoms with van der Waals surface area (Å²) in [7, 11) is -1.34. The quantitative estimate of drug-likeness (QED) is 0.717. The summed E-state index contributed by atoms with van der Waals surface area (Å²) in [6.07, 6.45) is 1.66. The first kappa shape index (κ1) is 16.3. The lowest BCUT2D eigenvalue weighted by Gasteiger charge is -2.25. The van der Waals surface area contributed by atoms with Gasteiger partial charge < -0.3 is 10.1 Å². The van der Waals surface area contributed by atoms with Gasteiger partial charge in [0.25, 0.3) is 5.91 Å². The average Bonchev–Trinajstić information content (AvgIpc) is 2.89. The number of nitrogens with one attached hydrogen (secondary N) is 1. The van der Waals surface area contributed by atoms with Crippen LogP contribution in [0.25, 0.3) is 11.6 Å². The Morgan fingerprint density at radius 2 is 1.88 bits per heavy atom. The van der Waals surface area contributed by atoms with Crippen molar-refractivity contribution in [1.82, 2.24) is 0 Å². The van der Waals surface area contributed by atoms with Crippen LogP contribution in [0.15, 0.2) is 59.3 Å². The monoisotopic (exact) mass is 343 g/mol. The molecule has 24 heavy (non-hydrogen) atoms. The zero-order valence-corrected chi connectivity index (χ0v) is 13.8. The molecular formula is C18H17NO4S. The SMILES string of the molecule is C=C(C(=O)Nc1ccc2c(c1)S(O)(O)C=C2)c1ccc(OC)cc1. The Labute approximate surface area is 141 Å². The van der Waals surface area contributed by atoms with Crippen molar-refractivity contribution in [3.8, 4) is 5.75 Å². The summed E-state index contributed by atoms with van der Waals surface area (Å²) in [6, 6.07) is 12.0. The number of ether oxygens (including phenoxy) is 1. The minimum atomic E-state index is -2.91. The molecule has 1 aliphatic rings. The summed E-state index contributed by atoms with van der Waals surface area (Å²) in [5.74, 6) is 0.339. The Morgan fingerprint density at radius 3 is 2.54 bits per heavy atom. The van der Waals surface area contributed by atoms with E-state index in [0.717, 1.165) is 5.56 Å². The van der Waals surface area contributed by atoms with Gasteiger partial charge in [0.2, 0.25) is 0 Å². The lowest BCUT2D eigenvalue weighted by Crippen LogP contribution is -2.13. The van der Waals surface area contributed by atoms with E-state index in [1.165, 1.54) is 5.41 Å². The molecule has 0 unspecified atom stereocenters. The zero-order chi connectivity index (χ0) is 17.3. The van der Waals surface area contributed by atoms with Crippen LogP contribution >= 0.6 is 10.6 Å². The average molecular weight is 343 g/mol. The van der Waals surface area contributed by atoms with Gasteiger partial charge in [-0.2, -0.15) is 0 Å². The molecule has 3 N–H and O–H groups in total. The summed E-state index contributed by atoms with van der Waals surface area (Å²) in [5, 5.41) is 4.10. The maximum absolute atomic E-state index is 12.4. The molecule has 0 bridgehead atoms. The maximum atomic E-state index is 12.4. The van der Waals surface area contributed by atoms with Gasteiger partial charge >= 0.3 is 0 Å². The van der Waals surface area contributed by atoms with Gasteiger partial charge in [-0.05, 0) is 41.5 Å². The van der Waals surface area contributed by atoms with Gasteiger partial charge in [-0.15, -0.1) is 10.6 Å². The maximum Gasteiger partial charge on any atom is 0.255 e. The van der Waals surface area contributed by atoms with E-state index in [1.807, 2.05) is 0 Å². The molecule has 0 saturated carbocycles. The summed E-state index contributed by atoms with van der Waals surface area (Å²) in [5.41, 5.74) is 2.21. The van der Waals surface area contributed by atoms with Crippen LogP contribution in [-0.2, 0) is 4.79 Å². The van der Waals surface area contributed by atoms with Gasteiger partial charge in [0, 0.05) is 16.7 Å². The zero-order valence-electron chi connectivity index (χ0n) is 13.0. The van der Waals surface area contributed by atoms with Gasteiger partial charge in [0.1, 0.15) is 5.75 Å². The number of rotatable bonds is 4. The molecule has 1 heterocycles. The fourth-order valence-electron chi connectivity index (χ4n) is 2.38. The third-order valence-corrected chi connectivity index (χ3v) is 5.26. The van der Waals surface area contributed by atoms with Crippen LogP contribution in [0.4, 0.5) is 5.69 Å². The number of carbonyl (C=O) groups is 1. The number of methoxy groups -OCH3 is 1. The van der Waals surface area contributed by atoms with Crippen molar-refractivity contribution >= 4 is 33.8 Å². The van der Waals surface area contributed by atoms with Crippen LogP contribution in [-0.4, -0.2) is 22.1 Å². The van der Waals surface area contributed by atoms with Crippen molar-refractivity contribution < 1.29 is 18.6 Å². The van der Waals surface area contributed by atoms with Crippen LogP contribution in [0, 0.1) is 0 Å². The molecule has 0 radical (unpaired) electrons. The number of amides is 1. The first-order valence-electron chi connectivity index (χ1n) is 7.16. The van der Waals surface area contributed by atoms with Crippen LogP contribution in [0.3, 0.4) is 0 Å². The smallest absolute Gasteiger partial charge is 0.255 e. The molecule has 124 valence electrons. The Hall–Kier alpha value is -2.54. The van der Waals surface area contributed by atoms with Crippen molar-refractivity contribution in [3.05, 3.63) is 65.6 Å². The Balaban J connectivity index is 1.76. The van der Waals surface area contributed by atoms with Crippen LogP contribution in [0.2, 0.25) is 0 Å². The van der Waals surface area contributed by atoms with E-state index in [0.29, 0.717) is 27.5 Å². The van der Waals surface area contributed by atoms with Crippen LogP contribution < -0.4 is 10.1 Å². The normalized spacial score (nSPS) is 15.5. The Morgan fingerprint density at radius 1 is 1.17 bits per heavy atom. The van der Waals surface area contributed by atoms with Gasteiger partial charge in [0.05, 0.1) is 12.0 Å². The highest BCUT2D eigenvalue weighted by atomic mass is 32.3. The minimum absolute atomic E-state index is 0.308. The number of fused-ring (bicyclic) bond motifs is 1. The summed E-state index contributed by atoms with van der Waals surface area (Å²) in [6.45, 7) is 3.82. The van der Waals surface area contributed by atoms with E-state index >= 15 is 0 Å². The fourth-order valence-corrected chi connectivity index (χ4v) is 3.65. The predicted octanol–water partition coefficient (Wildman–Crippen LogP) is 4.44. The second-order valence-corrected chi connectivity index (χ2v) is 7.21. The predicted molar refractivity (Wildman–Crippen MR) is 97.2 cm³/mol. The summed E-state index contributed by atoms with van der Waals surface area (Å²) < 4.78 is 25.0. The largest absolute Gasteiger partial charge is 0.497 e.